The third-order valence-corrected chi connectivity index (χ3v) is 2.09. The van der Waals surface area contributed by atoms with Crippen LogP contribution in [0, 0.1) is 6.92 Å². The zero-order valence-electron chi connectivity index (χ0n) is 9.42. The van der Waals surface area contributed by atoms with Gasteiger partial charge in [0.15, 0.2) is 0 Å². The van der Waals surface area contributed by atoms with Gasteiger partial charge in [0.25, 0.3) is 0 Å². The molecule has 0 saturated carbocycles. The summed E-state index contributed by atoms with van der Waals surface area (Å²) in [4.78, 5) is 11.5. The number of carbonyl (C=O) groups excluding carboxylic acids is 1. The van der Waals surface area contributed by atoms with E-state index in [1.807, 2.05) is 20.8 Å². The van der Waals surface area contributed by atoms with Crippen LogP contribution in [0.2, 0.25) is 0 Å². The number of nitrogens with one attached hydrogen (secondary N) is 2. The van der Waals surface area contributed by atoms with Crippen molar-refractivity contribution < 1.29 is 4.79 Å². The molecule has 5 heteroatoms. The van der Waals surface area contributed by atoms with Crippen LogP contribution in [0.15, 0.2) is 6.20 Å². The smallest absolute Gasteiger partial charge is 0.225 e. The first-order valence-corrected chi connectivity index (χ1v) is 4.97. The molecule has 1 aromatic heterocycles. The van der Waals surface area contributed by atoms with Gasteiger partial charge in [-0.15, -0.1) is 0 Å². The van der Waals surface area contributed by atoms with Crippen LogP contribution in [0.25, 0.3) is 0 Å². The SMILES string of the molecule is Cc1cn[nH]c1NC(=O)CCC(C)(C)N. The van der Waals surface area contributed by atoms with E-state index >= 15 is 0 Å². The summed E-state index contributed by atoms with van der Waals surface area (Å²) >= 11 is 0. The minimum absolute atomic E-state index is 0.0409. The molecular formula is C10H18N4O. The predicted molar refractivity (Wildman–Crippen MR) is 59.5 cm³/mol. The fourth-order valence-corrected chi connectivity index (χ4v) is 1.11. The van der Waals surface area contributed by atoms with Gasteiger partial charge in [0.2, 0.25) is 5.91 Å². The molecule has 0 aliphatic carbocycles. The number of aromatic nitrogens is 2. The highest BCUT2D eigenvalue weighted by Gasteiger charge is 2.13. The summed E-state index contributed by atoms with van der Waals surface area (Å²) < 4.78 is 0. The van der Waals surface area contributed by atoms with Crippen LogP contribution in [0.5, 0.6) is 0 Å². The third kappa shape index (κ3) is 4.12. The van der Waals surface area contributed by atoms with Crippen LogP contribution in [0.4, 0.5) is 5.82 Å². The molecule has 15 heavy (non-hydrogen) atoms. The van der Waals surface area contributed by atoms with Crippen molar-refractivity contribution >= 4 is 11.7 Å². The van der Waals surface area contributed by atoms with Crippen molar-refractivity contribution in [1.82, 2.24) is 10.2 Å². The Hall–Kier alpha value is -1.36. The van der Waals surface area contributed by atoms with E-state index in [1.54, 1.807) is 6.20 Å². The zero-order valence-corrected chi connectivity index (χ0v) is 9.42. The van der Waals surface area contributed by atoms with Crippen LogP contribution < -0.4 is 11.1 Å². The average molecular weight is 210 g/mol. The van der Waals surface area contributed by atoms with Gasteiger partial charge in [-0.05, 0) is 27.2 Å². The Balaban J connectivity index is 2.41. The summed E-state index contributed by atoms with van der Waals surface area (Å²) in [7, 11) is 0. The number of nitrogens with zero attached hydrogens (tertiary/aromatic N) is 1. The Kier molecular flexibility index (Phi) is 3.47. The van der Waals surface area contributed by atoms with Gasteiger partial charge in [0.1, 0.15) is 5.82 Å². The molecule has 0 saturated heterocycles. The first-order valence-electron chi connectivity index (χ1n) is 4.97. The molecule has 0 aliphatic rings. The highest BCUT2D eigenvalue weighted by atomic mass is 16.1. The molecule has 0 unspecified atom stereocenters. The lowest BCUT2D eigenvalue weighted by molar-refractivity contribution is -0.116. The average Bonchev–Trinajstić information content (AvgIpc) is 2.47. The Labute approximate surface area is 89.4 Å². The molecule has 0 aromatic carbocycles. The molecule has 1 aromatic rings. The summed E-state index contributed by atoms with van der Waals surface area (Å²) in [5, 5.41) is 9.29. The second-order valence-corrected chi connectivity index (χ2v) is 4.46. The molecular weight excluding hydrogens is 192 g/mol. The largest absolute Gasteiger partial charge is 0.326 e. The van der Waals surface area contributed by atoms with Crippen molar-refractivity contribution in [2.24, 2.45) is 5.73 Å². The fourth-order valence-electron chi connectivity index (χ4n) is 1.11. The van der Waals surface area contributed by atoms with Gasteiger partial charge in [-0.25, -0.2) is 0 Å². The van der Waals surface area contributed by atoms with Crippen molar-refractivity contribution in [1.29, 1.82) is 0 Å². The Morgan fingerprint density at radius 3 is 2.80 bits per heavy atom. The standard InChI is InChI=1S/C10H18N4O/c1-7-6-12-14-9(7)13-8(15)4-5-10(2,3)11/h6H,4-5,11H2,1-3H3,(H2,12,13,14,15). The topological polar surface area (TPSA) is 83.8 Å². The van der Waals surface area contributed by atoms with Gasteiger partial charge in [-0.1, -0.05) is 0 Å². The zero-order chi connectivity index (χ0) is 11.5. The van der Waals surface area contributed by atoms with Gasteiger partial charge in [0, 0.05) is 17.5 Å². The van der Waals surface area contributed by atoms with E-state index in [0.29, 0.717) is 18.7 Å². The molecule has 0 aliphatic heterocycles. The molecule has 4 N–H and O–H groups in total. The molecule has 0 spiro atoms. The van der Waals surface area contributed by atoms with Crippen LogP contribution in [0.1, 0.15) is 32.3 Å². The van der Waals surface area contributed by atoms with Crippen LogP contribution in [0.3, 0.4) is 0 Å². The van der Waals surface area contributed by atoms with Gasteiger partial charge in [-0.2, -0.15) is 5.10 Å². The first kappa shape index (κ1) is 11.7. The quantitative estimate of drug-likeness (QED) is 0.697. The van der Waals surface area contributed by atoms with Crippen molar-refractivity contribution in [3.05, 3.63) is 11.8 Å². The highest BCUT2D eigenvalue weighted by Crippen LogP contribution is 2.11. The monoisotopic (exact) mass is 210 g/mol. The maximum absolute atomic E-state index is 11.5. The second kappa shape index (κ2) is 4.44. The molecule has 1 amide bonds. The lowest BCUT2D eigenvalue weighted by Gasteiger charge is -2.17. The number of carbonyl (C=O) groups is 1. The summed E-state index contributed by atoms with van der Waals surface area (Å²) in [5.74, 6) is 0.621. The Morgan fingerprint density at radius 1 is 1.67 bits per heavy atom. The predicted octanol–water partition coefficient (Wildman–Crippen LogP) is 1.17. The maximum Gasteiger partial charge on any atom is 0.225 e. The summed E-state index contributed by atoms with van der Waals surface area (Å²) in [6, 6.07) is 0. The lowest BCUT2D eigenvalue weighted by atomic mass is 10.00. The van der Waals surface area contributed by atoms with E-state index < -0.39 is 0 Å². The Bertz CT molecular complexity index is 337. The van der Waals surface area contributed by atoms with Gasteiger partial charge < -0.3 is 11.1 Å². The normalized spacial score (nSPS) is 11.5. The summed E-state index contributed by atoms with van der Waals surface area (Å²) in [6.07, 6.45) is 2.75. The van der Waals surface area contributed by atoms with Crippen molar-refractivity contribution in [3.63, 3.8) is 0 Å². The number of aromatic amines is 1. The maximum atomic E-state index is 11.5. The van der Waals surface area contributed by atoms with Gasteiger partial charge in [-0.3, -0.25) is 9.89 Å². The van der Waals surface area contributed by atoms with Crippen molar-refractivity contribution in [2.45, 2.75) is 39.2 Å². The fraction of sp³-hybridized carbons (Fsp3) is 0.600. The molecule has 0 atom stereocenters. The molecule has 5 nitrogen and oxygen atoms in total. The van der Waals surface area contributed by atoms with Gasteiger partial charge >= 0.3 is 0 Å². The number of hydrogen-bond donors (Lipinski definition) is 3. The number of aryl methyl sites for hydroxylation is 1. The van der Waals surface area contributed by atoms with Crippen LogP contribution >= 0.6 is 0 Å². The molecule has 0 radical (unpaired) electrons. The third-order valence-electron chi connectivity index (χ3n) is 2.09. The molecule has 1 heterocycles. The second-order valence-electron chi connectivity index (χ2n) is 4.46. The Morgan fingerprint density at radius 2 is 2.33 bits per heavy atom. The van der Waals surface area contributed by atoms with E-state index in [4.69, 9.17) is 5.73 Å². The number of anilines is 1. The van der Waals surface area contributed by atoms with Crippen molar-refractivity contribution in [3.8, 4) is 0 Å². The summed E-state index contributed by atoms with van der Waals surface area (Å²) in [5.41, 5.74) is 6.41. The van der Waals surface area contributed by atoms with Gasteiger partial charge in [0.05, 0.1) is 6.20 Å². The highest BCUT2D eigenvalue weighted by molar-refractivity contribution is 5.90. The number of amides is 1. The number of hydrogen-bond acceptors (Lipinski definition) is 3. The number of rotatable bonds is 4. The number of H-pyrrole nitrogens is 1. The molecule has 0 bridgehead atoms. The minimum Gasteiger partial charge on any atom is -0.326 e. The summed E-state index contributed by atoms with van der Waals surface area (Å²) in [6.45, 7) is 5.69. The minimum atomic E-state index is -0.305. The van der Waals surface area contributed by atoms with Crippen LogP contribution in [-0.2, 0) is 4.79 Å². The van der Waals surface area contributed by atoms with E-state index in [-0.39, 0.29) is 11.4 Å². The van der Waals surface area contributed by atoms with E-state index in [0.717, 1.165) is 5.56 Å². The van der Waals surface area contributed by atoms with E-state index in [2.05, 4.69) is 15.5 Å². The molecule has 0 fully saturated rings. The van der Waals surface area contributed by atoms with E-state index in [1.165, 1.54) is 0 Å². The van der Waals surface area contributed by atoms with Crippen LogP contribution in [-0.4, -0.2) is 21.6 Å². The van der Waals surface area contributed by atoms with Crippen molar-refractivity contribution in [2.75, 3.05) is 5.32 Å². The molecule has 1 rings (SSSR count). The first-order chi connectivity index (χ1) is 6.88. The molecule has 84 valence electrons. The van der Waals surface area contributed by atoms with E-state index in [9.17, 15) is 4.79 Å². The number of nitrogens with two attached hydrogens (primary N) is 1. The lowest BCUT2D eigenvalue weighted by Crippen LogP contribution is -2.33.